The Balaban J connectivity index is 2.03. The van der Waals surface area contributed by atoms with E-state index >= 15 is 0 Å². The molecule has 19 heavy (non-hydrogen) atoms. The van der Waals surface area contributed by atoms with E-state index in [1.54, 1.807) is 6.07 Å². The summed E-state index contributed by atoms with van der Waals surface area (Å²) in [4.78, 5) is 13.4. The van der Waals surface area contributed by atoms with Crippen molar-refractivity contribution in [3.63, 3.8) is 0 Å². The Morgan fingerprint density at radius 3 is 2.84 bits per heavy atom. The lowest BCUT2D eigenvalue weighted by atomic mass is 10.1. The van der Waals surface area contributed by atoms with Gasteiger partial charge in [0.05, 0.1) is 16.3 Å². The van der Waals surface area contributed by atoms with Crippen LogP contribution in [0.3, 0.4) is 0 Å². The van der Waals surface area contributed by atoms with Crippen LogP contribution in [-0.2, 0) is 0 Å². The van der Waals surface area contributed by atoms with Gasteiger partial charge in [-0.3, -0.25) is 0 Å². The zero-order valence-corrected chi connectivity index (χ0v) is 11.6. The molecule has 0 bridgehead atoms. The maximum atomic E-state index is 11.2. The topological polar surface area (TPSA) is 78.6 Å². The van der Waals surface area contributed by atoms with Gasteiger partial charge in [-0.1, -0.05) is 11.6 Å². The van der Waals surface area contributed by atoms with Crippen LogP contribution < -0.4 is 11.1 Å². The van der Waals surface area contributed by atoms with E-state index in [4.69, 9.17) is 22.4 Å². The van der Waals surface area contributed by atoms with Gasteiger partial charge in [-0.15, -0.1) is 0 Å². The number of hydrogen-bond donors (Lipinski definition) is 3. The minimum Gasteiger partial charge on any atom is -0.478 e. The number of likely N-dealkylation sites (N-methyl/N-ethyl adjacent to an activating group) is 1. The average Bonchev–Trinajstić information content (AvgIpc) is 3.14. The predicted octanol–water partition coefficient (Wildman–Crippen LogP) is 2.13. The quantitative estimate of drug-likeness (QED) is 0.697. The number of halogens is 1. The first-order chi connectivity index (χ1) is 8.99. The Labute approximate surface area is 117 Å². The maximum Gasteiger partial charge on any atom is 0.337 e. The Hall–Kier alpha value is -1.46. The number of aromatic carboxylic acids is 1. The highest BCUT2D eigenvalue weighted by molar-refractivity contribution is 6.34. The number of rotatable bonds is 6. The van der Waals surface area contributed by atoms with E-state index in [1.807, 2.05) is 0 Å². The normalized spacial score (nSPS) is 14.7. The molecule has 1 aromatic rings. The van der Waals surface area contributed by atoms with Gasteiger partial charge in [0, 0.05) is 24.8 Å². The average molecular weight is 284 g/mol. The van der Waals surface area contributed by atoms with Gasteiger partial charge in [0.2, 0.25) is 0 Å². The molecule has 0 radical (unpaired) electrons. The van der Waals surface area contributed by atoms with Gasteiger partial charge in [-0.05, 0) is 32.0 Å². The molecule has 5 nitrogen and oxygen atoms in total. The largest absolute Gasteiger partial charge is 0.478 e. The molecule has 0 spiro atoms. The molecule has 6 heteroatoms. The third-order valence-electron chi connectivity index (χ3n) is 3.28. The van der Waals surface area contributed by atoms with Crippen LogP contribution in [0.1, 0.15) is 23.2 Å². The molecule has 1 aromatic carbocycles. The summed E-state index contributed by atoms with van der Waals surface area (Å²) in [5.41, 5.74) is 6.51. The second-order valence-corrected chi connectivity index (χ2v) is 5.28. The minimum absolute atomic E-state index is 0.110. The van der Waals surface area contributed by atoms with E-state index in [0.29, 0.717) is 29.0 Å². The SMILES string of the molecule is CN(CCNc1c(Cl)cc(N)cc1C(=O)O)C1CC1. The number of benzene rings is 1. The number of nitrogens with two attached hydrogens (primary N) is 1. The van der Waals surface area contributed by atoms with Crippen LogP contribution in [0.15, 0.2) is 12.1 Å². The molecule has 0 aliphatic heterocycles. The molecule has 0 aromatic heterocycles. The molecule has 2 rings (SSSR count). The molecular weight excluding hydrogens is 266 g/mol. The Kier molecular flexibility index (Phi) is 4.17. The Bertz CT molecular complexity index is 489. The predicted molar refractivity (Wildman–Crippen MR) is 77.0 cm³/mol. The monoisotopic (exact) mass is 283 g/mol. The van der Waals surface area contributed by atoms with Crippen LogP contribution in [0.5, 0.6) is 0 Å². The third kappa shape index (κ3) is 3.52. The lowest BCUT2D eigenvalue weighted by molar-refractivity contribution is 0.0698. The molecular formula is C13H18ClN3O2. The maximum absolute atomic E-state index is 11.2. The summed E-state index contributed by atoms with van der Waals surface area (Å²) in [5, 5.41) is 12.6. The lowest BCUT2D eigenvalue weighted by Crippen LogP contribution is -2.27. The number of nitrogens with one attached hydrogen (secondary N) is 1. The van der Waals surface area contributed by atoms with Crippen molar-refractivity contribution in [2.45, 2.75) is 18.9 Å². The van der Waals surface area contributed by atoms with E-state index in [2.05, 4.69) is 17.3 Å². The van der Waals surface area contributed by atoms with Crippen LogP contribution in [0, 0.1) is 0 Å². The van der Waals surface area contributed by atoms with Crippen LogP contribution in [0.4, 0.5) is 11.4 Å². The fourth-order valence-corrected chi connectivity index (χ4v) is 2.33. The molecule has 0 heterocycles. The molecule has 0 amide bonds. The van der Waals surface area contributed by atoms with E-state index in [1.165, 1.54) is 18.9 Å². The molecule has 0 saturated heterocycles. The first kappa shape index (κ1) is 14.0. The number of nitrogens with zero attached hydrogens (tertiary/aromatic N) is 1. The molecule has 1 aliphatic rings. The van der Waals surface area contributed by atoms with Crippen molar-refractivity contribution in [3.05, 3.63) is 22.7 Å². The van der Waals surface area contributed by atoms with Gasteiger partial charge < -0.3 is 21.1 Å². The number of carboxylic acids is 1. The third-order valence-corrected chi connectivity index (χ3v) is 3.58. The minimum atomic E-state index is -1.03. The van der Waals surface area contributed by atoms with Crippen molar-refractivity contribution < 1.29 is 9.90 Å². The fourth-order valence-electron chi connectivity index (χ4n) is 2.03. The number of carbonyl (C=O) groups is 1. The van der Waals surface area contributed by atoms with Crippen molar-refractivity contribution in [1.82, 2.24) is 4.90 Å². The summed E-state index contributed by atoms with van der Waals surface area (Å²) in [5.74, 6) is -1.03. The number of carboxylic acid groups (broad SMARTS) is 1. The van der Waals surface area contributed by atoms with Gasteiger partial charge in [0.15, 0.2) is 0 Å². The van der Waals surface area contributed by atoms with Crippen LogP contribution in [-0.4, -0.2) is 42.2 Å². The molecule has 1 saturated carbocycles. The van der Waals surface area contributed by atoms with E-state index < -0.39 is 5.97 Å². The number of nitrogen functional groups attached to an aromatic ring is 1. The number of anilines is 2. The van der Waals surface area contributed by atoms with Crippen molar-refractivity contribution >= 4 is 28.9 Å². The summed E-state index contributed by atoms with van der Waals surface area (Å²) in [6, 6.07) is 3.66. The highest BCUT2D eigenvalue weighted by Gasteiger charge is 2.25. The summed E-state index contributed by atoms with van der Waals surface area (Å²) < 4.78 is 0. The van der Waals surface area contributed by atoms with Crippen LogP contribution >= 0.6 is 11.6 Å². The zero-order chi connectivity index (χ0) is 14.0. The van der Waals surface area contributed by atoms with Crippen molar-refractivity contribution in [3.8, 4) is 0 Å². The van der Waals surface area contributed by atoms with Gasteiger partial charge in [0.25, 0.3) is 0 Å². The van der Waals surface area contributed by atoms with E-state index in [0.717, 1.165) is 6.54 Å². The second kappa shape index (κ2) is 5.67. The van der Waals surface area contributed by atoms with E-state index in [-0.39, 0.29) is 5.56 Å². The standard InChI is InChI=1S/C13H18ClN3O2/c1-17(9-2-3-9)5-4-16-12-10(13(18)19)6-8(15)7-11(12)14/h6-7,9,16H,2-5,15H2,1H3,(H,18,19). The second-order valence-electron chi connectivity index (χ2n) is 4.87. The van der Waals surface area contributed by atoms with Crippen molar-refractivity contribution in [2.75, 3.05) is 31.2 Å². The highest BCUT2D eigenvalue weighted by Crippen LogP contribution is 2.29. The molecule has 4 N–H and O–H groups in total. The first-order valence-electron chi connectivity index (χ1n) is 6.25. The molecule has 1 fully saturated rings. The Morgan fingerprint density at radius 2 is 2.26 bits per heavy atom. The summed E-state index contributed by atoms with van der Waals surface area (Å²) in [6.07, 6.45) is 2.50. The van der Waals surface area contributed by atoms with Gasteiger partial charge in [-0.2, -0.15) is 0 Å². The highest BCUT2D eigenvalue weighted by atomic mass is 35.5. The Morgan fingerprint density at radius 1 is 1.58 bits per heavy atom. The summed E-state index contributed by atoms with van der Waals surface area (Å²) >= 11 is 6.05. The summed E-state index contributed by atoms with van der Waals surface area (Å²) in [6.45, 7) is 1.50. The van der Waals surface area contributed by atoms with Crippen LogP contribution in [0.2, 0.25) is 5.02 Å². The zero-order valence-electron chi connectivity index (χ0n) is 10.8. The van der Waals surface area contributed by atoms with Gasteiger partial charge in [0.1, 0.15) is 0 Å². The van der Waals surface area contributed by atoms with Crippen molar-refractivity contribution in [2.24, 2.45) is 0 Å². The van der Waals surface area contributed by atoms with Gasteiger partial charge in [-0.25, -0.2) is 4.79 Å². The van der Waals surface area contributed by atoms with E-state index in [9.17, 15) is 4.79 Å². The van der Waals surface area contributed by atoms with Gasteiger partial charge >= 0.3 is 5.97 Å². The smallest absolute Gasteiger partial charge is 0.337 e. The molecule has 1 aliphatic carbocycles. The fraction of sp³-hybridized carbons (Fsp3) is 0.462. The summed E-state index contributed by atoms with van der Waals surface area (Å²) in [7, 11) is 2.07. The van der Waals surface area contributed by atoms with Crippen molar-refractivity contribution in [1.29, 1.82) is 0 Å². The lowest BCUT2D eigenvalue weighted by Gasteiger charge is -2.18. The molecule has 0 unspecified atom stereocenters. The molecule has 0 atom stereocenters. The first-order valence-corrected chi connectivity index (χ1v) is 6.63. The number of hydrogen-bond acceptors (Lipinski definition) is 4. The van der Waals surface area contributed by atoms with Crippen LogP contribution in [0.25, 0.3) is 0 Å². The molecule has 104 valence electrons.